The molecule has 0 amide bonds. The maximum absolute atomic E-state index is 5.96. The summed E-state index contributed by atoms with van der Waals surface area (Å²) in [4.78, 5) is 10.7. The fraction of sp³-hybridized carbons (Fsp3) is 0.308. The summed E-state index contributed by atoms with van der Waals surface area (Å²) in [6.07, 6.45) is 4.71. The Bertz CT molecular complexity index is 707. The number of halogens is 1. The van der Waals surface area contributed by atoms with Crippen molar-refractivity contribution in [1.82, 2.24) is 19.7 Å². The number of nitrogens with one attached hydrogen (secondary N) is 1. The minimum Gasteiger partial charge on any atom is -0.369 e. The molecule has 0 atom stereocenters. The molecule has 0 aliphatic carbocycles. The van der Waals surface area contributed by atoms with E-state index >= 15 is 0 Å². The lowest BCUT2D eigenvalue weighted by atomic mass is 10.3. The van der Waals surface area contributed by atoms with Gasteiger partial charge < -0.3 is 5.32 Å². The Labute approximate surface area is 125 Å². The first-order chi connectivity index (χ1) is 9.72. The first-order valence-corrected chi connectivity index (χ1v) is 7.57. The standard InChI is InChI=1S/C13H14ClN5S/c1-9-8-10-11(17-13(14)18-12(10)20-9)15-4-2-6-19-7-3-5-16-19/h3,5,7-8H,2,4,6H2,1H3,(H,15,17,18). The van der Waals surface area contributed by atoms with Crippen molar-refractivity contribution < 1.29 is 0 Å². The molecule has 3 aromatic rings. The van der Waals surface area contributed by atoms with Gasteiger partial charge in [0.15, 0.2) is 0 Å². The van der Waals surface area contributed by atoms with Crippen LogP contribution in [0, 0.1) is 6.92 Å². The Balaban J connectivity index is 1.67. The molecule has 0 radical (unpaired) electrons. The maximum atomic E-state index is 5.96. The van der Waals surface area contributed by atoms with Crippen LogP contribution in [-0.4, -0.2) is 26.3 Å². The van der Waals surface area contributed by atoms with Gasteiger partial charge in [-0.1, -0.05) is 0 Å². The molecule has 0 saturated carbocycles. The number of aryl methyl sites for hydroxylation is 2. The van der Waals surface area contributed by atoms with Crippen molar-refractivity contribution in [1.29, 1.82) is 0 Å². The first kappa shape index (κ1) is 13.3. The quantitative estimate of drug-likeness (QED) is 0.580. The predicted octanol–water partition coefficient (Wildman–Crippen LogP) is 3.35. The Morgan fingerprint density at radius 1 is 1.40 bits per heavy atom. The van der Waals surface area contributed by atoms with Gasteiger partial charge in [-0.05, 0) is 37.1 Å². The van der Waals surface area contributed by atoms with Crippen molar-refractivity contribution in [3.05, 3.63) is 34.7 Å². The molecule has 5 nitrogen and oxygen atoms in total. The number of fused-ring (bicyclic) bond motifs is 1. The lowest BCUT2D eigenvalue weighted by molar-refractivity contribution is 0.591. The van der Waals surface area contributed by atoms with E-state index in [0.29, 0.717) is 0 Å². The third-order valence-corrected chi connectivity index (χ3v) is 4.02. The van der Waals surface area contributed by atoms with Crippen molar-refractivity contribution in [3.8, 4) is 0 Å². The number of hydrogen-bond donors (Lipinski definition) is 1. The highest BCUT2D eigenvalue weighted by atomic mass is 35.5. The third-order valence-electron chi connectivity index (χ3n) is 2.90. The van der Waals surface area contributed by atoms with Crippen LogP contribution in [0.5, 0.6) is 0 Å². The van der Waals surface area contributed by atoms with Crippen molar-refractivity contribution in [3.63, 3.8) is 0 Å². The lowest BCUT2D eigenvalue weighted by Gasteiger charge is -2.07. The minimum atomic E-state index is 0.286. The summed E-state index contributed by atoms with van der Waals surface area (Å²) in [6, 6.07) is 4.02. The summed E-state index contributed by atoms with van der Waals surface area (Å²) in [7, 11) is 0. The molecule has 1 N–H and O–H groups in total. The molecule has 0 aliphatic heterocycles. The van der Waals surface area contributed by atoms with E-state index in [1.165, 1.54) is 4.88 Å². The Kier molecular flexibility index (Phi) is 3.84. The molecule has 7 heteroatoms. The van der Waals surface area contributed by atoms with Crippen LogP contribution in [0.1, 0.15) is 11.3 Å². The fourth-order valence-electron chi connectivity index (χ4n) is 2.03. The van der Waals surface area contributed by atoms with Gasteiger partial charge >= 0.3 is 0 Å². The molecule has 104 valence electrons. The summed E-state index contributed by atoms with van der Waals surface area (Å²) < 4.78 is 1.92. The van der Waals surface area contributed by atoms with Gasteiger partial charge in [0.2, 0.25) is 5.28 Å². The lowest BCUT2D eigenvalue weighted by Crippen LogP contribution is -2.08. The predicted molar refractivity (Wildman–Crippen MR) is 82.5 cm³/mol. The summed E-state index contributed by atoms with van der Waals surface area (Å²) in [5.74, 6) is 0.810. The van der Waals surface area contributed by atoms with Gasteiger partial charge in [0.1, 0.15) is 10.6 Å². The molecule has 0 unspecified atom stereocenters. The van der Waals surface area contributed by atoms with Gasteiger partial charge in [-0.15, -0.1) is 11.3 Å². The second-order valence-corrected chi connectivity index (χ2v) is 6.04. The third kappa shape index (κ3) is 2.91. The first-order valence-electron chi connectivity index (χ1n) is 6.37. The van der Waals surface area contributed by atoms with Crippen LogP contribution in [0.15, 0.2) is 24.5 Å². The van der Waals surface area contributed by atoms with E-state index in [-0.39, 0.29) is 5.28 Å². The summed E-state index contributed by atoms with van der Waals surface area (Å²) in [5, 5.41) is 8.83. The van der Waals surface area contributed by atoms with Gasteiger partial charge in [-0.25, -0.2) is 9.97 Å². The smallest absolute Gasteiger partial charge is 0.225 e. The number of nitrogens with zero attached hydrogens (tertiary/aromatic N) is 4. The van der Waals surface area contributed by atoms with Crippen molar-refractivity contribution in [2.24, 2.45) is 0 Å². The average Bonchev–Trinajstić information content (AvgIpc) is 3.02. The van der Waals surface area contributed by atoms with Gasteiger partial charge in [-0.3, -0.25) is 4.68 Å². The zero-order valence-corrected chi connectivity index (χ0v) is 12.6. The number of hydrogen-bond acceptors (Lipinski definition) is 5. The van der Waals surface area contributed by atoms with E-state index < -0.39 is 0 Å². The van der Waals surface area contributed by atoms with E-state index in [9.17, 15) is 0 Å². The number of anilines is 1. The van der Waals surface area contributed by atoms with Crippen molar-refractivity contribution >= 4 is 39.0 Å². The van der Waals surface area contributed by atoms with Gasteiger partial charge in [-0.2, -0.15) is 5.10 Å². The summed E-state index contributed by atoms with van der Waals surface area (Å²) in [5.41, 5.74) is 0. The Morgan fingerprint density at radius 3 is 3.10 bits per heavy atom. The van der Waals surface area contributed by atoms with Gasteiger partial charge in [0.25, 0.3) is 0 Å². The fourth-order valence-corrected chi connectivity index (χ4v) is 3.13. The van der Waals surface area contributed by atoms with E-state index in [2.05, 4.69) is 33.4 Å². The number of rotatable bonds is 5. The van der Waals surface area contributed by atoms with E-state index in [0.717, 1.165) is 35.5 Å². The van der Waals surface area contributed by atoms with Crippen LogP contribution in [-0.2, 0) is 6.54 Å². The SMILES string of the molecule is Cc1cc2c(NCCCn3cccn3)nc(Cl)nc2s1. The second kappa shape index (κ2) is 5.76. The van der Waals surface area contributed by atoms with Crippen molar-refractivity contribution in [2.75, 3.05) is 11.9 Å². The van der Waals surface area contributed by atoms with Crippen LogP contribution in [0.3, 0.4) is 0 Å². The highest BCUT2D eigenvalue weighted by Gasteiger charge is 2.09. The highest BCUT2D eigenvalue weighted by Crippen LogP contribution is 2.29. The van der Waals surface area contributed by atoms with Gasteiger partial charge in [0.05, 0.1) is 5.39 Å². The van der Waals surface area contributed by atoms with E-state index in [1.807, 2.05) is 16.9 Å². The Morgan fingerprint density at radius 2 is 2.30 bits per heavy atom. The number of aromatic nitrogens is 4. The minimum absolute atomic E-state index is 0.286. The van der Waals surface area contributed by atoms with Gasteiger partial charge in [0, 0.05) is 30.4 Å². The molecule has 0 saturated heterocycles. The maximum Gasteiger partial charge on any atom is 0.225 e. The normalized spacial score (nSPS) is 11.1. The molecule has 3 aromatic heterocycles. The molecular formula is C13H14ClN5S. The molecule has 0 bridgehead atoms. The van der Waals surface area contributed by atoms with Crippen LogP contribution in [0.25, 0.3) is 10.2 Å². The topological polar surface area (TPSA) is 55.6 Å². The van der Waals surface area contributed by atoms with Crippen LogP contribution in [0.4, 0.5) is 5.82 Å². The average molecular weight is 308 g/mol. The monoisotopic (exact) mass is 307 g/mol. The molecular weight excluding hydrogens is 294 g/mol. The molecule has 0 fully saturated rings. The Hall–Kier alpha value is -1.66. The molecule has 0 spiro atoms. The molecule has 0 aromatic carbocycles. The molecule has 3 heterocycles. The van der Waals surface area contributed by atoms with Crippen molar-refractivity contribution in [2.45, 2.75) is 19.9 Å². The second-order valence-electron chi connectivity index (χ2n) is 4.47. The van der Waals surface area contributed by atoms with Crippen LogP contribution < -0.4 is 5.32 Å². The van der Waals surface area contributed by atoms with Crippen LogP contribution >= 0.6 is 22.9 Å². The zero-order chi connectivity index (χ0) is 13.9. The molecule has 3 rings (SSSR count). The van der Waals surface area contributed by atoms with E-state index in [4.69, 9.17) is 11.6 Å². The van der Waals surface area contributed by atoms with E-state index in [1.54, 1.807) is 17.5 Å². The van der Waals surface area contributed by atoms with Crippen LogP contribution in [0.2, 0.25) is 5.28 Å². The molecule has 20 heavy (non-hydrogen) atoms. The highest BCUT2D eigenvalue weighted by molar-refractivity contribution is 7.18. The summed E-state index contributed by atoms with van der Waals surface area (Å²) >= 11 is 7.59. The number of thiophene rings is 1. The molecule has 0 aliphatic rings. The summed E-state index contributed by atoms with van der Waals surface area (Å²) in [6.45, 7) is 3.75. The zero-order valence-electron chi connectivity index (χ0n) is 11.0. The largest absolute Gasteiger partial charge is 0.369 e.